The number of hydrogen-bond donors (Lipinski definition) is 1. The second kappa shape index (κ2) is 8.08. The topological polar surface area (TPSA) is 55.6 Å². The van der Waals surface area contributed by atoms with Crippen molar-refractivity contribution in [3.63, 3.8) is 0 Å². The molecule has 1 saturated heterocycles. The number of nitrogens with zero attached hydrogens (tertiary/aromatic N) is 1. The van der Waals surface area contributed by atoms with E-state index in [1.807, 2.05) is 6.07 Å². The van der Waals surface area contributed by atoms with E-state index in [0.717, 1.165) is 23.9 Å². The van der Waals surface area contributed by atoms with Gasteiger partial charge in [0, 0.05) is 23.6 Å². The fourth-order valence-electron chi connectivity index (χ4n) is 2.06. The van der Waals surface area contributed by atoms with Crippen molar-refractivity contribution in [2.45, 2.75) is 18.9 Å². The molecule has 4 nitrogen and oxygen atoms in total. The maximum absolute atomic E-state index is 12.0. The Kier molecular flexibility index (Phi) is 7.09. The SMILES string of the molecule is Cl.NC1CCCN(C(=O)COc2ccc(Br)cc2Cl)C1. The van der Waals surface area contributed by atoms with E-state index in [-0.39, 0.29) is 31.0 Å². The van der Waals surface area contributed by atoms with Crippen molar-refractivity contribution in [2.24, 2.45) is 5.73 Å². The van der Waals surface area contributed by atoms with E-state index in [1.165, 1.54) is 0 Å². The van der Waals surface area contributed by atoms with Gasteiger partial charge in [0.25, 0.3) is 5.91 Å². The molecule has 0 aromatic heterocycles. The van der Waals surface area contributed by atoms with E-state index in [9.17, 15) is 4.79 Å². The van der Waals surface area contributed by atoms with E-state index >= 15 is 0 Å². The number of piperidine rings is 1. The summed E-state index contributed by atoms with van der Waals surface area (Å²) >= 11 is 9.34. The number of rotatable bonds is 3. The molecule has 2 N–H and O–H groups in total. The fraction of sp³-hybridized carbons (Fsp3) is 0.462. The van der Waals surface area contributed by atoms with Crippen LogP contribution in [0.1, 0.15) is 12.8 Å². The molecule has 0 radical (unpaired) electrons. The van der Waals surface area contributed by atoms with Crippen LogP contribution >= 0.6 is 39.9 Å². The molecule has 0 saturated carbocycles. The molecular weight excluding hydrogens is 367 g/mol. The van der Waals surface area contributed by atoms with Gasteiger partial charge in [-0.15, -0.1) is 12.4 Å². The number of halogens is 3. The lowest BCUT2D eigenvalue weighted by atomic mass is 10.1. The zero-order valence-corrected chi connectivity index (χ0v) is 14.0. The predicted molar refractivity (Wildman–Crippen MR) is 85.7 cm³/mol. The van der Waals surface area contributed by atoms with Crippen LogP contribution in [-0.2, 0) is 4.79 Å². The Morgan fingerprint density at radius 3 is 2.95 bits per heavy atom. The van der Waals surface area contributed by atoms with E-state index < -0.39 is 0 Å². The summed E-state index contributed by atoms with van der Waals surface area (Å²) in [5.41, 5.74) is 5.85. The minimum Gasteiger partial charge on any atom is -0.482 e. The van der Waals surface area contributed by atoms with Crippen molar-refractivity contribution in [1.29, 1.82) is 0 Å². The van der Waals surface area contributed by atoms with E-state index in [0.29, 0.717) is 17.3 Å². The van der Waals surface area contributed by atoms with Crippen molar-refractivity contribution in [2.75, 3.05) is 19.7 Å². The highest BCUT2D eigenvalue weighted by molar-refractivity contribution is 9.10. The van der Waals surface area contributed by atoms with Gasteiger partial charge in [0.15, 0.2) is 6.61 Å². The summed E-state index contributed by atoms with van der Waals surface area (Å²) in [4.78, 5) is 13.7. The predicted octanol–water partition coefficient (Wildman–Crippen LogP) is 2.85. The number of carbonyl (C=O) groups is 1. The molecule has 1 unspecified atom stereocenters. The molecule has 0 bridgehead atoms. The molecule has 1 aromatic carbocycles. The number of carbonyl (C=O) groups excluding carboxylic acids is 1. The van der Waals surface area contributed by atoms with Gasteiger partial charge in [-0.25, -0.2) is 0 Å². The Hall–Kier alpha value is -0.490. The monoisotopic (exact) mass is 382 g/mol. The lowest BCUT2D eigenvalue weighted by Crippen LogP contribution is -2.47. The van der Waals surface area contributed by atoms with E-state index in [1.54, 1.807) is 17.0 Å². The third kappa shape index (κ3) is 4.81. The first-order chi connectivity index (χ1) is 9.06. The first-order valence-corrected chi connectivity index (χ1v) is 7.34. The van der Waals surface area contributed by atoms with Crippen LogP contribution in [0.2, 0.25) is 5.02 Å². The lowest BCUT2D eigenvalue weighted by Gasteiger charge is -2.30. The molecule has 1 aliphatic heterocycles. The van der Waals surface area contributed by atoms with Crippen LogP contribution in [0.15, 0.2) is 22.7 Å². The van der Waals surface area contributed by atoms with Crippen LogP contribution in [0.4, 0.5) is 0 Å². The third-order valence-corrected chi connectivity index (χ3v) is 3.84. The van der Waals surface area contributed by atoms with Gasteiger partial charge in [-0.1, -0.05) is 27.5 Å². The van der Waals surface area contributed by atoms with Gasteiger partial charge in [0.05, 0.1) is 5.02 Å². The van der Waals surface area contributed by atoms with Crippen LogP contribution in [0.25, 0.3) is 0 Å². The van der Waals surface area contributed by atoms with Gasteiger partial charge >= 0.3 is 0 Å². The average molecular weight is 384 g/mol. The summed E-state index contributed by atoms with van der Waals surface area (Å²) in [5.74, 6) is 0.466. The summed E-state index contributed by atoms with van der Waals surface area (Å²) in [7, 11) is 0. The molecular formula is C13H17BrCl2N2O2. The molecule has 1 aliphatic rings. The molecule has 1 aromatic rings. The highest BCUT2D eigenvalue weighted by Gasteiger charge is 2.21. The van der Waals surface area contributed by atoms with Gasteiger partial charge in [-0.05, 0) is 31.0 Å². The molecule has 0 spiro atoms. The lowest BCUT2D eigenvalue weighted by molar-refractivity contribution is -0.134. The smallest absolute Gasteiger partial charge is 0.260 e. The largest absolute Gasteiger partial charge is 0.482 e. The summed E-state index contributed by atoms with van der Waals surface area (Å²) in [6, 6.07) is 5.37. The number of nitrogens with two attached hydrogens (primary N) is 1. The number of hydrogen-bond acceptors (Lipinski definition) is 3. The summed E-state index contributed by atoms with van der Waals surface area (Å²) in [6.07, 6.45) is 1.93. The molecule has 1 amide bonds. The molecule has 2 rings (SSSR count). The van der Waals surface area contributed by atoms with Gasteiger partial charge in [0.2, 0.25) is 0 Å². The van der Waals surface area contributed by atoms with E-state index in [4.69, 9.17) is 22.1 Å². The van der Waals surface area contributed by atoms with Gasteiger partial charge < -0.3 is 15.4 Å². The van der Waals surface area contributed by atoms with Crippen LogP contribution in [-0.4, -0.2) is 36.5 Å². The molecule has 0 aliphatic carbocycles. The van der Waals surface area contributed by atoms with Crippen LogP contribution in [0.5, 0.6) is 5.75 Å². The fourth-order valence-corrected chi connectivity index (χ4v) is 2.79. The number of likely N-dealkylation sites (tertiary alicyclic amines) is 1. The third-order valence-electron chi connectivity index (χ3n) is 3.06. The van der Waals surface area contributed by atoms with Gasteiger partial charge in [0.1, 0.15) is 5.75 Å². The maximum Gasteiger partial charge on any atom is 0.260 e. The first-order valence-electron chi connectivity index (χ1n) is 6.17. The summed E-state index contributed by atoms with van der Waals surface area (Å²) in [6.45, 7) is 1.36. The number of ether oxygens (including phenoxy) is 1. The zero-order chi connectivity index (χ0) is 13.8. The van der Waals surface area contributed by atoms with Crippen molar-refractivity contribution in [1.82, 2.24) is 4.90 Å². The number of benzene rings is 1. The molecule has 20 heavy (non-hydrogen) atoms. The van der Waals surface area contributed by atoms with Crippen LogP contribution < -0.4 is 10.5 Å². The van der Waals surface area contributed by atoms with Crippen LogP contribution in [0, 0.1) is 0 Å². The van der Waals surface area contributed by atoms with E-state index in [2.05, 4.69) is 15.9 Å². The second-order valence-corrected chi connectivity index (χ2v) is 5.93. The van der Waals surface area contributed by atoms with Crippen LogP contribution in [0.3, 0.4) is 0 Å². The van der Waals surface area contributed by atoms with Crippen molar-refractivity contribution < 1.29 is 9.53 Å². The summed E-state index contributed by atoms with van der Waals surface area (Å²) < 4.78 is 6.33. The molecule has 1 heterocycles. The van der Waals surface area contributed by atoms with Crippen molar-refractivity contribution in [3.05, 3.63) is 27.7 Å². The molecule has 7 heteroatoms. The first kappa shape index (κ1) is 17.6. The second-order valence-electron chi connectivity index (χ2n) is 4.61. The Morgan fingerprint density at radius 1 is 1.55 bits per heavy atom. The number of amides is 1. The standard InChI is InChI=1S/C13H16BrClN2O2.ClH/c14-9-3-4-12(11(15)6-9)19-8-13(18)17-5-1-2-10(16)7-17;/h3-4,6,10H,1-2,5,7-8,16H2;1H. The normalized spacial score (nSPS) is 18.4. The molecule has 1 atom stereocenters. The Labute approximate surface area is 138 Å². The van der Waals surface area contributed by atoms with Gasteiger partial charge in [-0.3, -0.25) is 4.79 Å². The highest BCUT2D eigenvalue weighted by Crippen LogP contribution is 2.27. The average Bonchev–Trinajstić information content (AvgIpc) is 2.37. The quantitative estimate of drug-likeness (QED) is 0.872. The van der Waals surface area contributed by atoms with Crippen molar-refractivity contribution >= 4 is 45.8 Å². The highest BCUT2D eigenvalue weighted by atomic mass is 79.9. The minimum atomic E-state index is -0.0471. The Bertz CT molecular complexity index is 474. The molecule has 112 valence electrons. The summed E-state index contributed by atoms with van der Waals surface area (Å²) in [5, 5.41) is 0.484. The molecule has 1 fully saturated rings. The Balaban J connectivity index is 0.00000200. The minimum absolute atomic E-state index is 0. The maximum atomic E-state index is 12.0. The Morgan fingerprint density at radius 2 is 2.30 bits per heavy atom. The van der Waals surface area contributed by atoms with Crippen molar-refractivity contribution in [3.8, 4) is 5.75 Å². The zero-order valence-electron chi connectivity index (χ0n) is 10.9. The van der Waals surface area contributed by atoms with Gasteiger partial charge in [-0.2, -0.15) is 0 Å².